The van der Waals surface area contributed by atoms with Gasteiger partial charge in [-0.1, -0.05) is 0 Å². The average Bonchev–Trinajstić information content (AvgIpc) is 1.84. The van der Waals surface area contributed by atoms with E-state index < -0.39 is 17.9 Å². The van der Waals surface area contributed by atoms with Gasteiger partial charge < -0.3 is 0 Å². The normalized spacial score (nSPS) is 13.0. The largest absolute Gasteiger partial charge is 0.508 e. The molecule has 1 unspecified atom stereocenters. The van der Waals surface area contributed by atoms with E-state index >= 15 is 0 Å². The lowest BCUT2D eigenvalue weighted by Gasteiger charge is -1.90. The number of hydrogen-bond acceptors (Lipinski definition) is 4. The van der Waals surface area contributed by atoms with Crippen LogP contribution in [0.25, 0.3) is 0 Å². The molecule has 0 radical (unpaired) electrons. The SMILES string of the molecule is CCO[P+](=O)CCCS(C)(=O)=O. The zero-order valence-corrected chi connectivity index (χ0v) is 9.03. The molecule has 6 heteroatoms. The molecular formula is C6H14O4PS+. The van der Waals surface area contributed by atoms with Crippen LogP contribution < -0.4 is 0 Å². The summed E-state index contributed by atoms with van der Waals surface area (Å²) in [6.45, 7) is 2.16. The Labute approximate surface area is 74.1 Å². The molecule has 0 N–H and O–H groups in total. The fraction of sp³-hybridized carbons (Fsp3) is 1.00. The number of rotatable bonds is 6. The maximum absolute atomic E-state index is 10.9. The highest BCUT2D eigenvalue weighted by Gasteiger charge is 2.16. The van der Waals surface area contributed by atoms with Crippen molar-refractivity contribution >= 4 is 17.9 Å². The number of hydrogen-bond donors (Lipinski definition) is 0. The maximum atomic E-state index is 10.9. The van der Waals surface area contributed by atoms with Crippen LogP contribution in [0.5, 0.6) is 0 Å². The zero-order chi connectivity index (χ0) is 9.61. The van der Waals surface area contributed by atoms with Crippen LogP contribution in [0.4, 0.5) is 0 Å². The summed E-state index contributed by atoms with van der Waals surface area (Å²) in [7, 11) is -4.57. The van der Waals surface area contributed by atoms with Gasteiger partial charge in [0.2, 0.25) is 0 Å². The van der Waals surface area contributed by atoms with Gasteiger partial charge in [0.25, 0.3) is 0 Å². The summed E-state index contributed by atoms with van der Waals surface area (Å²) in [6, 6.07) is 0. The third kappa shape index (κ3) is 8.11. The minimum absolute atomic E-state index is 0.0845. The minimum atomic E-state index is -2.92. The summed E-state index contributed by atoms with van der Waals surface area (Å²) in [5.74, 6) is 0.0845. The van der Waals surface area contributed by atoms with Crippen LogP contribution in [0.3, 0.4) is 0 Å². The molecule has 0 aromatic heterocycles. The van der Waals surface area contributed by atoms with Crippen molar-refractivity contribution in [3.8, 4) is 0 Å². The highest BCUT2D eigenvalue weighted by Crippen LogP contribution is 2.22. The molecule has 0 saturated heterocycles. The van der Waals surface area contributed by atoms with Gasteiger partial charge in [-0.15, -0.1) is 4.52 Å². The summed E-state index contributed by atoms with van der Waals surface area (Å²) in [4.78, 5) is 0. The van der Waals surface area contributed by atoms with Crippen molar-refractivity contribution in [1.29, 1.82) is 0 Å². The van der Waals surface area contributed by atoms with E-state index in [0.717, 1.165) is 0 Å². The van der Waals surface area contributed by atoms with Gasteiger partial charge in [0, 0.05) is 12.7 Å². The van der Waals surface area contributed by atoms with E-state index in [1.54, 1.807) is 6.92 Å². The first-order valence-corrected chi connectivity index (χ1v) is 7.13. The summed E-state index contributed by atoms with van der Waals surface area (Å²) >= 11 is 0. The fourth-order valence-electron chi connectivity index (χ4n) is 0.664. The Morgan fingerprint density at radius 3 is 2.42 bits per heavy atom. The Balaban J connectivity index is 3.51. The molecule has 0 saturated carbocycles. The Bertz CT molecular complexity index is 234. The fourth-order valence-corrected chi connectivity index (χ4v) is 2.38. The van der Waals surface area contributed by atoms with Crippen LogP contribution >= 0.6 is 8.03 Å². The first-order valence-electron chi connectivity index (χ1n) is 3.71. The topological polar surface area (TPSA) is 60.4 Å². The molecule has 0 aliphatic rings. The summed E-state index contributed by atoms with van der Waals surface area (Å²) in [5, 5.41) is 0. The second-order valence-corrected chi connectivity index (χ2v) is 6.09. The predicted octanol–water partition coefficient (Wildman–Crippen LogP) is 1.20. The van der Waals surface area contributed by atoms with Crippen LogP contribution in [0.15, 0.2) is 0 Å². The molecule has 72 valence electrons. The lowest BCUT2D eigenvalue weighted by Crippen LogP contribution is -2.03. The Hall–Kier alpha value is 0.01000. The van der Waals surface area contributed by atoms with Crippen LogP contribution in [0.2, 0.25) is 0 Å². The summed E-state index contributed by atoms with van der Waals surface area (Å²) in [5.41, 5.74) is 0. The average molecular weight is 213 g/mol. The highest BCUT2D eigenvalue weighted by atomic mass is 32.2. The molecule has 0 aliphatic heterocycles. The Morgan fingerprint density at radius 2 is 2.00 bits per heavy atom. The molecule has 0 aromatic carbocycles. The molecule has 12 heavy (non-hydrogen) atoms. The molecule has 0 fully saturated rings. The molecule has 0 aromatic rings. The van der Waals surface area contributed by atoms with Crippen LogP contribution in [0.1, 0.15) is 13.3 Å². The summed E-state index contributed by atoms with van der Waals surface area (Å²) in [6.07, 6.45) is 1.91. The van der Waals surface area contributed by atoms with Gasteiger partial charge in [0.15, 0.2) is 6.16 Å². The highest BCUT2D eigenvalue weighted by molar-refractivity contribution is 7.90. The van der Waals surface area contributed by atoms with Crippen molar-refractivity contribution in [2.75, 3.05) is 24.8 Å². The minimum Gasteiger partial charge on any atom is -0.229 e. The van der Waals surface area contributed by atoms with Crippen molar-refractivity contribution in [2.24, 2.45) is 0 Å². The molecule has 0 rings (SSSR count). The van der Waals surface area contributed by atoms with E-state index in [2.05, 4.69) is 0 Å². The first kappa shape index (κ1) is 12.0. The van der Waals surface area contributed by atoms with E-state index in [9.17, 15) is 13.0 Å². The molecule has 4 nitrogen and oxygen atoms in total. The second-order valence-electron chi connectivity index (χ2n) is 2.46. The van der Waals surface area contributed by atoms with E-state index in [-0.39, 0.29) is 5.75 Å². The van der Waals surface area contributed by atoms with E-state index in [0.29, 0.717) is 19.2 Å². The van der Waals surface area contributed by atoms with Crippen LogP contribution in [-0.2, 0) is 18.9 Å². The van der Waals surface area contributed by atoms with E-state index in [1.165, 1.54) is 6.26 Å². The van der Waals surface area contributed by atoms with Crippen molar-refractivity contribution in [3.05, 3.63) is 0 Å². The third-order valence-electron chi connectivity index (χ3n) is 1.13. The molecule has 0 spiro atoms. The van der Waals surface area contributed by atoms with Crippen molar-refractivity contribution in [2.45, 2.75) is 13.3 Å². The third-order valence-corrected chi connectivity index (χ3v) is 3.39. The van der Waals surface area contributed by atoms with Crippen molar-refractivity contribution < 1.29 is 17.5 Å². The molecule has 0 amide bonds. The van der Waals surface area contributed by atoms with E-state index in [4.69, 9.17) is 4.52 Å². The Kier molecular flexibility index (Phi) is 5.63. The quantitative estimate of drug-likeness (QED) is 0.622. The molecule has 1 atom stereocenters. The first-order chi connectivity index (χ1) is 5.45. The molecular weight excluding hydrogens is 199 g/mol. The van der Waals surface area contributed by atoms with Gasteiger partial charge in [-0.3, -0.25) is 0 Å². The van der Waals surface area contributed by atoms with Gasteiger partial charge >= 0.3 is 8.03 Å². The van der Waals surface area contributed by atoms with Gasteiger partial charge in [0.05, 0.1) is 12.4 Å². The lowest BCUT2D eigenvalue weighted by molar-refractivity contribution is 0.350. The van der Waals surface area contributed by atoms with Gasteiger partial charge in [-0.2, -0.15) is 0 Å². The zero-order valence-electron chi connectivity index (χ0n) is 7.32. The molecule has 0 aliphatic carbocycles. The van der Waals surface area contributed by atoms with Crippen LogP contribution in [0, 0.1) is 0 Å². The van der Waals surface area contributed by atoms with Gasteiger partial charge in [0.1, 0.15) is 9.84 Å². The summed E-state index contributed by atoms with van der Waals surface area (Å²) < 4.78 is 36.9. The number of sulfone groups is 1. The molecule has 0 heterocycles. The maximum Gasteiger partial charge on any atom is 0.508 e. The monoisotopic (exact) mass is 213 g/mol. The molecule has 0 bridgehead atoms. The van der Waals surface area contributed by atoms with Crippen LogP contribution in [-0.4, -0.2) is 33.2 Å². The smallest absolute Gasteiger partial charge is 0.229 e. The lowest BCUT2D eigenvalue weighted by atomic mass is 10.6. The van der Waals surface area contributed by atoms with E-state index in [1.807, 2.05) is 0 Å². The predicted molar refractivity (Wildman–Crippen MR) is 48.4 cm³/mol. The van der Waals surface area contributed by atoms with Gasteiger partial charge in [-0.25, -0.2) is 8.42 Å². The Morgan fingerprint density at radius 1 is 1.42 bits per heavy atom. The second kappa shape index (κ2) is 5.62. The van der Waals surface area contributed by atoms with Gasteiger partial charge in [-0.05, 0) is 11.5 Å². The standard InChI is InChI=1S/C6H14O4PS/c1-3-10-11(7)5-4-6-12(2,8)9/h3-6H2,1-2H3/q+1. The van der Waals surface area contributed by atoms with Crippen molar-refractivity contribution in [3.63, 3.8) is 0 Å². The van der Waals surface area contributed by atoms with Crippen molar-refractivity contribution in [1.82, 2.24) is 0 Å².